The number of hydrogen-bond donors (Lipinski definition) is 5. The van der Waals surface area contributed by atoms with Crippen molar-refractivity contribution < 1.29 is 0 Å². The lowest BCUT2D eigenvalue weighted by Crippen LogP contribution is -1.77. The number of fused-ring (bicyclic) bond motifs is 1. The Morgan fingerprint density at radius 3 is 2.46 bits per heavy atom. The first-order valence-corrected chi connectivity index (χ1v) is 5.20. The fraction of sp³-hybridized carbons (Fsp3) is 0. The molecule has 0 spiro atoms. The van der Waals surface area contributed by atoms with Crippen LogP contribution < -0.4 is 0 Å². The van der Waals surface area contributed by atoms with E-state index in [1.54, 1.807) is 0 Å². The largest absolute Gasteiger partial charge is 0.298 e. The van der Waals surface area contributed by atoms with Gasteiger partial charge in [0.15, 0.2) is 0 Å². The van der Waals surface area contributed by atoms with Gasteiger partial charge in [0.05, 0.1) is 10.9 Å². The molecule has 0 radical (unpaired) electrons. The van der Waals surface area contributed by atoms with Gasteiger partial charge in [0.1, 0.15) is 4.64 Å². The summed E-state index contributed by atoms with van der Waals surface area (Å²) in [5.41, 5.74) is 0.853. The summed E-state index contributed by atoms with van der Waals surface area (Å²) in [5.74, 6) is 0. The van der Waals surface area contributed by atoms with E-state index in [1.807, 2.05) is 6.07 Å². The molecule has 0 amide bonds. The number of hydrogen-bond acceptors (Lipinski definition) is 4. The molecule has 2 rings (SSSR count). The van der Waals surface area contributed by atoms with Gasteiger partial charge in [-0.3, -0.25) is 10.2 Å². The van der Waals surface area contributed by atoms with Crippen LogP contribution in [0.5, 0.6) is 0 Å². The van der Waals surface area contributed by atoms with Crippen molar-refractivity contribution in [2.75, 3.05) is 0 Å². The summed E-state index contributed by atoms with van der Waals surface area (Å²) in [6.45, 7) is 0. The van der Waals surface area contributed by atoms with Gasteiger partial charge < -0.3 is 0 Å². The van der Waals surface area contributed by atoms with Crippen LogP contribution in [0.25, 0.3) is 10.9 Å². The minimum absolute atomic E-state index is 0.642. The average Bonchev–Trinajstić information content (AvgIpc) is 2.44. The van der Waals surface area contributed by atoms with Crippen LogP contribution in [-0.2, 0) is 0 Å². The normalized spacial score (nSPS) is 11.0. The van der Waals surface area contributed by atoms with Crippen molar-refractivity contribution >= 4 is 61.0 Å². The number of H-pyrrole nitrogens is 2. The molecule has 68 valence electrons. The second-order valence-electron chi connectivity index (χ2n) is 2.59. The quantitative estimate of drug-likeness (QED) is 0.359. The Morgan fingerprint density at radius 1 is 1.08 bits per heavy atom. The zero-order valence-corrected chi connectivity index (χ0v) is 9.83. The van der Waals surface area contributed by atoms with Crippen molar-refractivity contribution in [2.45, 2.75) is 14.7 Å². The minimum Gasteiger partial charge on any atom is -0.298 e. The molecule has 0 bridgehead atoms. The van der Waals surface area contributed by atoms with E-state index in [9.17, 15) is 0 Å². The van der Waals surface area contributed by atoms with E-state index < -0.39 is 0 Å². The summed E-state index contributed by atoms with van der Waals surface area (Å²) in [7, 11) is 0. The Hall–Kier alpha value is -0.0400. The number of benzene rings is 1. The molecule has 0 fully saturated rings. The summed E-state index contributed by atoms with van der Waals surface area (Å²) in [5, 5.41) is 6.67. The Labute approximate surface area is 96.3 Å². The maximum Gasteiger partial charge on any atom is 0.128 e. The van der Waals surface area contributed by atoms with Crippen LogP contribution in [0.4, 0.5) is 0 Å². The lowest BCUT2D eigenvalue weighted by Gasteiger charge is -2.01. The van der Waals surface area contributed by atoms with Gasteiger partial charge in [0.2, 0.25) is 0 Å². The second kappa shape index (κ2) is 3.27. The molecule has 1 aromatic carbocycles. The van der Waals surface area contributed by atoms with Crippen molar-refractivity contribution in [3.8, 4) is 0 Å². The summed E-state index contributed by atoms with van der Waals surface area (Å²) in [4.78, 5) is 2.37. The molecule has 0 atom stereocenters. The van der Waals surface area contributed by atoms with Gasteiger partial charge in [-0.05, 0) is 6.07 Å². The molecule has 0 aliphatic carbocycles. The van der Waals surface area contributed by atoms with Crippen molar-refractivity contribution in [1.29, 1.82) is 0 Å². The summed E-state index contributed by atoms with van der Waals surface area (Å²) < 4.78 is 0.642. The number of thiol groups is 3. The van der Waals surface area contributed by atoms with Gasteiger partial charge >= 0.3 is 0 Å². The molecule has 0 aliphatic rings. The lowest BCUT2D eigenvalue weighted by atomic mass is 10.2. The predicted octanol–water partition coefficient (Wildman–Crippen LogP) is 3.09. The Morgan fingerprint density at radius 2 is 1.77 bits per heavy atom. The van der Waals surface area contributed by atoms with Gasteiger partial charge in [-0.25, -0.2) is 0 Å². The van der Waals surface area contributed by atoms with Crippen LogP contribution in [0.1, 0.15) is 0 Å². The molecule has 0 saturated heterocycles. The van der Waals surface area contributed by atoms with E-state index in [4.69, 9.17) is 12.2 Å². The first kappa shape index (κ1) is 9.51. The van der Waals surface area contributed by atoms with Crippen LogP contribution in [0.15, 0.2) is 20.8 Å². The molecule has 13 heavy (non-hydrogen) atoms. The van der Waals surface area contributed by atoms with Crippen molar-refractivity contribution in [3.05, 3.63) is 10.7 Å². The maximum absolute atomic E-state index is 5.08. The summed E-state index contributed by atoms with van der Waals surface area (Å²) in [6.07, 6.45) is 0. The van der Waals surface area contributed by atoms with Crippen molar-refractivity contribution in [2.24, 2.45) is 0 Å². The molecule has 2 N–H and O–H groups in total. The molecule has 0 saturated carbocycles. The molecule has 2 nitrogen and oxygen atoms in total. The molecular weight excluding hydrogens is 240 g/mol. The van der Waals surface area contributed by atoms with Gasteiger partial charge in [0, 0.05) is 14.7 Å². The molecule has 6 heteroatoms. The monoisotopic (exact) mass is 246 g/mol. The first-order chi connectivity index (χ1) is 6.11. The Balaban J connectivity index is 3.08. The molecular formula is C7H6N2S4. The van der Waals surface area contributed by atoms with E-state index in [0.29, 0.717) is 4.64 Å². The van der Waals surface area contributed by atoms with E-state index in [2.05, 4.69) is 48.1 Å². The summed E-state index contributed by atoms with van der Waals surface area (Å²) in [6, 6.07) is 1.83. The predicted molar refractivity (Wildman–Crippen MR) is 65.2 cm³/mol. The fourth-order valence-electron chi connectivity index (χ4n) is 1.18. The highest BCUT2D eigenvalue weighted by Crippen LogP contribution is 2.31. The van der Waals surface area contributed by atoms with Gasteiger partial charge in [0.25, 0.3) is 0 Å². The number of rotatable bonds is 0. The average molecular weight is 246 g/mol. The molecule has 1 heterocycles. The van der Waals surface area contributed by atoms with E-state index >= 15 is 0 Å². The smallest absolute Gasteiger partial charge is 0.128 e. The third-order valence-electron chi connectivity index (χ3n) is 1.79. The summed E-state index contributed by atoms with van der Waals surface area (Å²) >= 11 is 18.0. The topological polar surface area (TPSA) is 31.6 Å². The fourth-order valence-corrected chi connectivity index (χ4v) is 2.44. The van der Waals surface area contributed by atoms with Gasteiger partial charge in [-0.15, -0.1) is 37.9 Å². The molecule has 2 aromatic rings. The van der Waals surface area contributed by atoms with E-state index in [0.717, 1.165) is 25.6 Å². The molecule has 0 unspecified atom stereocenters. The van der Waals surface area contributed by atoms with Crippen molar-refractivity contribution in [3.63, 3.8) is 0 Å². The lowest BCUT2D eigenvalue weighted by molar-refractivity contribution is 1.09. The van der Waals surface area contributed by atoms with Crippen molar-refractivity contribution in [1.82, 2.24) is 10.2 Å². The number of aromatic amines is 2. The van der Waals surface area contributed by atoms with Gasteiger partial charge in [-0.2, -0.15) is 0 Å². The zero-order chi connectivity index (χ0) is 9.59. The highest BCUT2D eigenvalue weighted by atomic mass is 32.1. The second-order valence-corrected chi connectivity index (χ2v) is 4.41. The third kappa shape index (κ3) is 1.41. The molecule has 0 aliphatic heterocycles. The minimum atomic E-state index is 0.642. The maximum atomic E-state index is 5.08. The van der Waals surface area contributed by atoms with Crippen LogP contribution in [0.3, 0.4) is 0 Å². The van der Waals surface area contributed by atoms with Crippen LogP contribution in [-0.4, -0.2) is 10.2 Å². The van der Waals surface area contributed by atoms with Crippen LogP contribution in [0.2, 0.25) is 0 Å². The first-order valence-electron chi connectivity index (χ1n) is 3.45. The Kier molecular flexibility index (Phi) is 2.39. The number of aromatic nitrogens is 2. The van der Waals surface area contributed by atoms with Crippen LogP contribution in [0, 0.1) is 4.64 Å². The highest BCUT2D eigenvalue weighted by Gasteiger charge is 2.08. The third-order valence-corrected chi connectivity index (χ3v) is 3.44. The van der Waals surface area contributed by atoms with Gasteiger partial charge in [-0.1, -0.05) is 12.2 Å². The zero-order valence-electron chi connectivity index (χ0n) is 6.33. The van der Waals surface area contributed by atoms with E-state index in [1.165, 1.54) is 0 Å². The van der Waals surface area contributed by atoms with E-state index in [-0.39, 0.29) is 0 Å². The SMILES string of the molecule is S=c1[nH][nH]c2c(S)c(S)cc(S)c12. The highest BCUT2D eigenvalue weighted by molar-refractivity contribution is 7.84. The van der Waals surface area contributed by atoms with Crippen LogP contribution >= 0.6 is 50.1 Å². The number of nitrogens with one attached hydrogen (secondary N) is 2. The Bertz CT molecular complexity index is 525. The standard InChI is InChI=1S/C7H6N2S4/c10-2-1-3(11)6(12)5-4(2)7(13)9-8-5/h1,10-12H,(H2,8,9,13). The molecule has 1 aromatic heterocycles.